The molecule has 0 amide bonds. The Morgan fingerprint density at radius 3 is 2.35 bits per heavy atom. The Balaban J connectivity index is 2.35. The lowest BCUT2D eigenvalue weighted by molar-refractivity contribution is -0.289. The number of nitriles is 1. The quantitative estimate of drug-likeness (QED) is 0.567. The lowest BCUT2D eigenvalue weighted by Gasteiger charge is -2.23. The number of rotatable bonds is 4. The van der Waals surface area contributed by atoms with E-state index in [1.807, 2.05) is 13.0 Å². The van der Waals surface area contributed by atoms with Gasteiger partial charge in [-0.1, -0.05) is 23.8 Å². The first-order valence-electron chi connectivity index (χ1n) is 8.93. The van der Waals surface area contributed by atoms with E-state index in [1.165, 1.54) is 18.5 Å². The fourth-order valence-corrected chi connectivity index (χ4v) is 3.15. The number of nitrogens with zero attached hydrogens (tertiary/aromatic N) is 4. The second-order valence-corrected chi connectivity index (χ2v) is 6.91. The molecule has 10 heteroatoms. The van der Waals surface area contributed by atoms with E-state index in [4.69, 9.17) is 0 Å². The van der Waals surface area contributed by atoms with Crippen LogP contribution in [0.4, 0.5) is 22.0 Å². The zero-order valence-corrected chi connectivity index (χ0v) is 16.3. The van der Waals surface area contributed by atoms with Gasteiger partial charge in [-0.25, -0.2) is 0 Å². The van der Waals surface area contributed by atoms with Crippen molar-refractivity contribution in [1.82, 2.24) is 14.5 Å². The molecule has 3 rings (SSSR count). The Bertz CT molecular complexity index is 1230. The summed E-state index contributed by atoms with van der Waals surface area (Å²) in [5, 5.41) is 9.28. The summed E-state index contributed by atoms with van der Waals surface area (Å²) in [6, 6.07) is 7.02. The summed E-state index contributed by atoms with van der Waals surface area (Å²) >= 11 is 0. The molecule has 2 heterocycles. The summed E-state index contributed by atoms with van der Waals surface area (Å²) in [7, 11) is 0. The number of aryl methyl sites for hydroxylation is 2. The van der Waals surface area contributed by atoms with Gasteiger partial charge in [-0.15, -0.1) is 0 Å². The van der Waals surface area contributed by atoms with Gasteiger partial charge < -0.3 is 4.57 Å². The molecule has 0 atom stereocenters. The number of hydrogen-bond acceptors (Lipinski definition) is 4. The van der Waals surface area contributed by atoms with Crippen molar-refractivity contribution in [2.45, 2.75) is 32.5 Å². The van der Waals surface area contributed by atoms with Crippen molar-refractivity contribution < 1.29 is 22.0 Å². The first-order chi connectivity index (χ1) is 14.5. The molecular weight excluding hydrogens is 419 g/mol. The lowest BCUT2D eigenvalue weighted by Crippen LogP contribution is -2.38. The molecule has 0 aliphatic heterocycles. The van der Waals surface area contributed by atoms with E-state index in [1.54, 1.807) is 19.1 Å². The second-order valence-electron chi connectivity index (χ2n) is 6.91. The number of hydrogen-bond donors (Lipinski definition) is 0. The summed E-state index contributed by atoms with van der Waals surface area (Å²) in [6.07, 6.45) is -2.37. The third-order valence-corrected chi connectivity index (χ3v) is 4.76. The fraction of sp³-hybridized carbons (Fsp3) is 0.238. The van der Waals surface area contributed by atoms with Crippen molar-refractivity contribution in [3.63, 3.8) is 0 Å². The topological polar surface area (TPSA) is 71.6 Å². The van der Waals surface area contributed by atoms with Gasteiger partial charge in [-0.2, -0.15) is 27.2 Å². The largest absolute Gasteiger partial charge is 0.458 e. The molecule has 0 bridgehead atoms. The van der Waals surface area contributed by atoms with Crippen LogP contribution in [0.3, 0.4) is 0 Å². The minimum Gasteiger partial charge on any atom is -0.301 e. The van der Waals surface area contributed by atoms with Gasteiger partial charge in [-0.05, 0) is 31.0 Å². The molecule has 0 fully saturated rings. The maximum absolute atomic E-state index is 14.2. The summed E-state index contributed by atoms with van der Waals surface area (Å²) in [4.78, 5) is 20.7. The van der Waals surface area contributed by atoms with Crippen LogP contribution in [-0.4, -0.2) is 20.7 Å². The highest BCUT2D eigenvalue weighted by Gasteiger charge is 2.60. The van der Waals surface area contributed by atoms with Crippen molar-refractivity contribution >= 4 is 0 Å². The lowest BCUT2D eigenvalue weighted by atomic mass is 10.00. The maximum atomic E-state index is 14.2. The minimum absolute atomic E-state index is 0.0897. The summed E-state index contributed by atoms with van der Waals surface area (Å²) in [6.45, 7) is 3.46. The predicted octanol–water partition coefficient (Wildman–Crippen LogP) is 4.50. The first kappa shape index (κ1) is 22.1. The Morgan fingerprint density at radius 1 is 1.10 bits per heavy atom. The van der Waals surface area contributed by atoms with Gasteiger partial charge in [0.25, 0.3) is 5.56 Å². The van der Waals surface area contributed by atoms with Crippen molar-refractivity contribution in [1.29, 1.82) is 5.26 Å². The van der Waals surface area contributed by atoms with E-state index in [9.17, 15) is 32.0 Å². The molecule has 160 valence electrons. The van der Waals surface area contributed by atoms with E-state index in [-0.39, 0.29) is 17.9 Å². The molecule has 2 aromatic heterocycles. The standard InChI is InChI=1S/C21H15F5N4O/c1-12-3-4-14(13(2)7-12)11-30-18(17-10-28-5-6-29-17)8-16(15(9-27)19(30)31)20(22,23)21(24,25)26/h3-8,10H,11H2,1-2H3. The van der Waals surface area contributed by atoms with Gasteiger partial charge >= 0.3 is 12.1 Å². The van der Waals surface area contributed by atoms with Gasteiger partial charge in [0.15, 0.2) is 0 Å². The Labute approximate surface area is 173 Å². The molecule has 0 N–H and O–H groups in total. The first-order valence-corrected chi connectivity index (χ1v) is 8.93. The molecule has 0 saturated carbocycles. The van der Waals surface area contributed by atoms with Crippen LogP contribution in [0, 0.1) is 25.2 Å². The minimum atomic E-state index is -6.00. The average Bonchev–Trinajstić information content (AvgIpc) is 2.70. The number of halogens is 5. The molecule has 0 aliphatic carbocycles. The van der Waals surface area contributed by atoms with E-state index in [0.29, 0.717) is 11.6 Å². The monoisotopic (exact) mass is 434 g/mol. The summed E-state index contributed by atoms with van der Waals surface area (Å²) < 4.78 is 68.5. The highest BCUT2D eigenvalue weighted by molar-refractivity contribution is 5.58. The zero-order valence-electron chi connectivity index (χ0n) is 16.3. The SMILES string of the molecule is Cc1ccc(Cn2c(-c3cnccn3)cc(C(F)(F)C(F)(F)F)c(C#N)c2=O)c(C)c1. The van der Waals surface area contributed by atoms with Crippen molar-refractivity contribution in [3.8, 4) is 17.5 Å². The van der Waals surface area contributed by atoms with Crippen LogP contribution < -0.4 is 5.56 Å². The van der Waals surface area contributed by atoms with E-state index in [0.717, 1.165) is 21.9 Å². The smallest absolute Gasteiger partial charge is 0.301 e. The fourth-order valence-electron chi connectivity index (χ4n) is 3.15. The van der Waals surface area contributed by atoms with Crippen LogP contribution in [0.15, 0.2) is 47.7 Å². The third-order valence-electron chi connectivity index (χ3n) is 4.76. The van der Waals surface area contributed by atoms with Crippen LogP contribution >= 0.6 is 0 Å². The van der Waals surface area contributed by atoms with Crippen LogP contribution in [0.5, 0.6) is 0 Å². The highest BCUT2D eigenvalue weighted by atomic mass is 19.4. The van der Waals surface area contributed by atoms with Crippen LogP contribution in [-0.2, 0) is 12.5 Å². The predicted molar refractivity (Wildman–Crippen MR) is 101 cm³/mol. The molecule has 3 aromatic rings. The van der Waals surface area contributed by atoms with Gasteiger partial charge in [0, 0.05) is 12.4 Å². The van der Waals surface area contributed by atoms with Crippen molar-refractivity contribution in [3.05, 3.63) is 81.0 Å². The molecule has 0 spiro atoms. The van der Waals surface area contributed by atoms with Gasteiger partial charge in [0.1, 0.15) is 17.3 Å². The summed E-state index contributed by atoms with van der Waals surface area (Å²) in [5.41, 5.74) is -2.32. The maximum Gasteiger partial charge on any atom is 0.458 e. The second kappa shape index (κ2) is 7.91. The average molecular weight is 434 g/mol. The van der Waals surface area contributed by atoms with Gasteiger partial charge in [-0.3, -0.25) is 14.8 Å². The van der Waals surface area contributed by atoms with Crippen LogP contribution in [0.25, 0.3) is 11.4 Å². The van der Waals surface area contributed by atoms with Crippen molar-refractivity contribution in [2.24, 2.45) is 0 Å². The molecule has 0 unspecified atom stereocenters. The van der Waals surface area contributed by atoms with Crippen LogP contribution in [0.1, 0.15) is 27.8 Å². The summed E-state index contributed by atoms with van der Waals surface area (Å²) in [5.74, 6) is -5.41. The van der Waals surface area contributed by atoms with Gasteiger partial charge in [0.2, 0.25) is 0 Å². The van der Waals surface area contributed by atoms with Crippen LogP contribution in [0.2, 0.25) is 0 Å². The Hall–Kier alpha value is -3.61. The third kappa shape index (κ3) is 4.03. The Kier molecular flexibility index (Phi) is 5.63. The molecule has 0 saturated heterocycles. The molecular formula is C21H15F5N4O. The normalized spacial score (nSPS) is 11.9. The van der Waals surface area contributed by atoms with E-state index < -0.39 is 28.8 Å². The number of pyridine rings is 1. The zero-order chi connectivity index (χ0) is 23.0. The number of alkyl halides is 5. The molecule has 0 aliphatic rings. The number of benzene rings is 1. The van der Waals surface area contributed by atoms with E-state index >= 15 is 0 Å². The van der Waals surface area contributed by atoms with Crippen molar-refractivity contribution in [2.75, 3.05) is 0 Å². The number of aromatic nitrogens is 3. The molecule has 31 heavy (non-hydrogen) atoms. The molecule has 1 aromatic carbocycles. The highest BCUT2D eigenvalue weighted by Crippen LogP contribution is 2.45. The Morgan fingerprint density at radius 2 is 1.81 bits per heavy atom. The molecule has 5 nitrogen and oxygen atoms in total. The van der Waals surface area contributed by atoms with Gasteiger partial charge in [0.05, 0.1) is 24.0 Å². The molecule has 0 radical (unpaired) electrons. The van der Waals surface area contributed by atoms with E-state index in [2.05, 4.69) is 9.97 Å².